The Morgan fingerprint density at radius 2 is 0.380 bits per heavy atom. The molecule has 7 rings (SSSR count). The van der Waals surface area contributed by atoms with Gasteiger partial charge in [0.1, 0.15) is 69.7 Å². The van der Waals surface area contributed by atoms with Crippen molar-refractivity contribution in [1.82, 2.24) is 0 Å². The van der Waals surface area contributed by atoms with Gasteiger partial charge in [0.25, 0.3) is 0 Å². The molecule has 7 aromatic rings. The molecule has 0 bridgehead atoms. The van der Waals surface area contributed by atoms with Crippen LogP contribution in [0.25, 0.3) is 0 Å². The molecule has 422 valence electrons. The van der Waals surface area contributed by atoms with Crippen LogP contribution in [0.4, 0.5) is 122 Å². The minimum atomic E-state index is -7.22. The van der Waals surface area contributed by atoms with E-state index in [-0.39, 0.29) is 0 Å². The number of quaternary nitrogens is 1. The van der Waals surface area contributed by atoms with Crippen LogP contribution in [0.15, 0.2) is 72.8 Å². The summed E-state index contributed by atoms with van der Waals surface area (Å²) >= 11 is 0. The molecular formula is C54H43BF20N4. The molecule has 0 aromatic heterocycles. The zero-order valence-electron chi connectivity index (χ0n) is 42.1. The molecule has 0 radical (unpaired) electrons. The number of rotatable bonds is 16. The summed E-state index contributed by atoms with van der Waals surface area (Å²) in [5.74, 6) is -71.4. The van der Waals surface area contributed by atoms with Crippen molar-refractivity contribution >= 4 is 62.1 Å². The van der Waals surface area contributed by atoms with E-state index in [0.29, 0.717) is 0 Å². The van der Waals surface area contributed by atoms with Crippen LogP contribution in [0.3, 0.4) is 0 Å². The van der Waals surface area contributed by atoms with Crippen LogP contribution in [0.2, 0.25) is 0 Å². The largest absolute Gasteiger partial charge is 0.372 e. The van der Waals surface area contributed by atoms with E-state index in [1.165, 1.54) is 39.0 Å². The van der Waals surface area contributed by atoms with Crippen molar-refractivity contribution in [2.45, 2.75) is 41.5 Å². The maximum atomic E-state index is 15.4. The SMILES string of the molecule is CCN(CC)c1ccc([NH+](c2ccc(N(CC)CC)cc2)c2ccc(N(CC)CC)cc2)cc1.Fc1c(F)c(F)c([B-](c2c(F)c(F)c(F)c(F)c2F)(c2c(F)c(F)c(F)c(F)c2F)c2c(F)c(F)c(F)c(F)c2F)c(F)c1F. The lowest BCUT2D eigenvalue weighted by Gasteiger charge is -2.44. The molecule has 0 saturated carbocycles. The average Bonchev–Trinajstić information content (AvgIpc) is 2.77. The fourth-order valence-electron chi connectivity index (χ4n) is 9.66. The molecule has 0 heterocycles. The zero-order valence-corrected chi connectivity index (χ0v) is 42.1. The first-order valence-corrected chi connectivity index (χ1v) is 24.0. The van der Waals surface area contributed by atoms with E-state index in [2.05, 4.69) is 129 Å². The van der Waals surface area contributed by atoms with Crippen LogP contribution >= 0.6 is 0 Å². The highest BCUT2D eigenvalue weighted by atomic mass is 19.2. The normalized spacial score (nSPS) is 11.6. The molecule has 0 aliphatic carbocycles. The highest BCUT2D eigenvalue weighted by Crippen LogP contribution is 2.32. The second-order valence-corrected chi connectivity index (χ2v) is 17.3. The van der Waals surface area contributed by atoms with Gasteiger partial charge in [-0.15, -0.1) is 21.9 Å². The van der Waals surface area contributed by atoms with Gasteiger partial charge in [-0.25, -0.2) is 92.7 Å². The molecule has 7 aromatic carbocycles. The first kappa shape index (κ1) is 60.8. The van der Waals surface area contributed by atoms with Crippen LogP contribution in [0.1, 0.15) is 41.5 Å². The molecule has 0 unspecified atom stereocenters. The Kier molecular flexibility index (Phi) is 18.7. The summed E-state index contributed by atoms with van der Waals surface area (Å²) in [5.41, 5.74) is -6.74. The van der Waals surface area contributed by atoms with E-state index in [9.17, 15) is 52.7 Å². The molecule has 79 heavy (non-hydrogen) atoms. The smallest absolute Gasteiger partial charge is 0.200 e. The Bertz CT molecular complexity index is 2860. The third-order valence-corrected chi connectivity index (χ3v) is 13.6. The lowest BCUT2D eigenvalue weighted by molar-refractivity contribution is -0.681. The molecule has 4 nitrogen and oxygen atoms in total. The van der Waals surface area contributed by atoms with Gasteiger partial charge in [-0.05, 0) is 77.9 Å². The third kappa shape index (κ3) is 10.4. The van der Waals surface area contributed by atoms with Gasteiger partial charge >= 0.3 is 0 Å². The van der Waals surface area contributed by atoms with Gasteiger partial charge < -0.3 is 14.7 Å². The van der Waals surface area contributed by atoms with Crippen molar-refractivity contribution < 1.29 is 92.7 Å². The minimum absolute atomic E-state index is 1.02. The first-order valence-electron chi connectivity index (χ1n) is 24.0. The van der Waals surface area contributed by atoms with Crippen molar-refractivity contribution in [2.24, 2.45) is 0 Å². The lowest BCUT2D eigenvalue weighted by atomic mass is 9.12. The van der Waals surface area contributed by atoms with Crippen molar-refractivity contribution in [2.75, 3.05) is 54.0 Å². The second-order valence-electron chi connectivity index (χ2n) is 17.3. The number of nitrogens with one attached hydrogen (secondary N) is 1. The summed E-state index contributed by atoms with van der Waals surface area (Å²) in [5, 5.41) is 0. The number of hydrogen-bond donors (Lipinski definition) is 1. The quantitative estimate of drug-likeness (QED) is 0.0449. The summed E-state index contributed by atoms with van der Waals surface area (Å²) in [6.07, 6.45) is -7.22. The highest BCUT2D eigenvalue weighted by Gasteiger charge is 2.52. The predicted octanol–water partition coefficient (Wildman–Crippen LogP) is 12.3. The molecule has 1 N–H and O–H groups in total. The maximum Gasteiger partial charge on any atom is 0.200 e. The van der Waals surface area contributed by atoms with Crippen molar-refractivity contribution in [1.29, 1.82) is 0 Å². The van der Waals surface area contributed by atoms with E-state index >= 15 is 35.1 Å². The molecule has 0 aliphatic rings. The monoisotopic (exact) mass is 1140 g/mol. The molecule has 25 heteroatoms. The lowest BCUT2D eigenvalue weighted by Crippen LogP contribution is -2.96. The number of nitrogens with zero attached hydrogens (tertiary/aromatic N) is 3. The Morgan fingerprint density at radius 3 is 0.519 bits per heavy atom. The molecular weight excluding hydrogens is 1100 g/mol. The minimum Gasteiger partial charge on any atom is -0.372 e. The highest BCUT2D eigenvalue weighted by molar-refractivity contribution is 7.20. The van der Waals surface area contributed by atoms with Crippen LogP contribution in [-0.2, 0) is 0 Å². The number of anilines is 3. The summed E-state index contributed by atoms with van der Waals surface area (Å²) in [6.45, 7) is 19.4. The summed E-state index contributed by atoms with van der Waals surface area (Å²) in [7, 11) is 0. The Balaban J connectivity index is 0.000000265. The third-order valence-electron chi connectivity index (χ3n) is 13.6. The van der Waals surface area contributed by atoms with Crippen molar-refractivity contribution in [3.63, 3.8) is 0 Å². The predicted molar refractivity (Wildman–Crippen MR) is 259 cm³/mol. The fraction of sp³-hybridized carbons (Fsp3) is 0.222. The molecule has 0 spiro atoms. The number of benzene rings is 7. The van der Waals surface area contributed by atoms with E-state index in [1.807, 2.05) is 0 Å². The Labute approximate surface area is 438 Å². The van der Waals surface area contributed by atoms with E-state index in [1.54, 1.807) is 0 Å². The zero-order chi connectivity index (χ0) is 58.9. The molecule has 0 saturated heterocycles. The topological polar surface area (TPSA) is 14.2 Å². The van der Waals surface area contributed by atoms with Gasteiger partial charge in [0.2, 0.25) is 0 Å². The van der Waals surface area contributed by atoms with Gasteiger partial charge in [-0.2, -0.15) is 0 Å². The van der Waals surface area contributed by atoms with Crippen LogP contribution < -0.4 is 41.5 Å². The van der Waals surface area contributed by atoms with E-state index in [0.717, 1.165) is 39.3 Å². The van der Waals surface area contributed by atoms with E-state index < -0.39 is 144 Å². The Hall–Kier alpha value is -7.44. The van der Waals surface area contributed by atoms with Crippen molar-refractivity contribution in [3.05, 3.63) is 189 Å². The van der Waals surface area contributed by atoms with E-state index in [4.69, 9.17) is 0 Å². The first-order chi connectivity index (χ1) is 37.3. The van der Waals surface area contributed by atoms with Gasteiger partial charge in [-0.1, -0.05) is 0 Å². The van der Waals surface area contributed by atoms with Gasteiger partial charge in [0.15, 0.2) is 69.8 Å². The standard InChI is InChI=1S/C30H42N4.C24BF20/c1-7-31(8-2)25-13-19-28(20-14-25)34(29-21-15-26(16-22-29)32(9-3)10-4)30-23-17-27(18-24-30)33(11-5)12-6;26-5-1(6(27)14(35)21(42)13(5)34)25(2-7(28)15(36)22(43)16(37)8(2)29,3-9(30)17(38)23(44)18(39)10(3)31)4-11(32)19(40)24(45)20(41)12(4)33/h13-24H,7-12H2,1-6H3;/q;-1/p+1. The summed E-state index contributed by atoms with van der Waals surface area (Å²) < 4.78 is 294. The average molecular weight is 1140 g/mol. The maximum absolute atomic E-state index is 15.4. The van der Waals surface area contributed by atoms with Gasteiger partial charge in [-0.3, -0.25) is 0 Å². The van der Waals surface area contributed by atoms with Crippen LogP contribution in [0, 0.1) is 116 Å². The Morgan fingerprint density at radius 1 is 0.241 bits per heavy atom. The molecule has 0 fully saturated rings. The number of hydrogen-bond acceptors (Lipinski definition) is 3. The summed E-state index contributed by atoms with van der Waals surface area (Å²) in [6, 6.07) is 27.2. The number of halogens is 20. The second kappa shape index (κ2) is 24.3. The summed E-state index contributed by atoms with van der Waals surface area (Å²) in [4.78, 5) is 8.45. The molecule has 0 aliphatic heterocycles. The molecule has 0 atom stereocenters. The molecule has 0 amide bonds. The van der Waals surface area contributed by atoms with Crippen LogP contribution in [-0.4, -0.2) is 45.4 Å². The fourth-order valence-corrected chi connectivity index (χ4v) is 9.66. The van der Waals surface area contributed by atoms with Crippen molar-refractivity contribution in [3.8, 4) is 0 Å². The van der Waals surface area contributed by atoms with Crippen LogP contribution in [0.5, 0.6) is 0 Å². The van der Waals surface area contributed by atoms with Gasteiger partial charge in [0.05, 0.1) is 0 Å². The van der Waals surface area contributed by atoms with Gasteiger partial charge in [0, 0.05) is 92.7 Å².